The third kappa shape index (κ3) is 4.22. The summed E-state index contributed by atoms with van der Waals surface area (Å²) >= 11 is 0. The summed E-state index contributed by atoms with van der Waals surface area (Å²) in [7, 11) is 1.62. The van der Waals surface area contributed by atoms with Gasteiger partial charge in [0, 0.05) is 31.9 Å². The van der Waals surface area contributed by atoms with E-state index in [1.165, 1.54) is 0 Å². The normalized spacial score (nSPS) is 16.0. The van der Waals surface area contributed by atoms with Crippen LogP contribution in [0.25, 0.3) is 0 Å². The predicted molar refractivity (Wildman–Crippen MR) is 101 cm³/mol. The number of carbonyl (C=O) groups excluding carboxylic acids is 1. The topological polar surface area (TPSA) is 44.8 Å². The molecular formula is C20H22F3N3O2. The average molecular weight is 393 g/mol. The largest absolute Gasteiger partial charge is 0.497 e. The molecule has 5 nitrogen and oxygen atoms in total. The molecule has 1 atom stereocenters. The van der Waals surface area contributed by atoms with Crippen molar-refractivity contribution in [1.82, 2.24) is 4.90 Å². The first-order valence-corrected chi connectivity index (χ1v) is 8.98. The van der Waals surface area contributed by atoms with Crippen LogP contribution in [0.1, 0.15) is 6.92 Å². The van der Waals surface area contributed by atoms with E-state index in [0.717, 1.165) is 36.7 Å². The van der Waals surface area contributed by atoms with Crippen LogP contribution in [0.4, 0.5) is 24.5 Å². The van der Waals surface area contributed by atoms with Gasteiger partial charge in [-0.05, 0) is 43.3 Å². The van der Waals surface area contributed by atoms with Crippen molar-refractivity contribution in [1.29, 1.82) is 0 Å². The van der Waals surface area contributed by atoms with Gasteiger partial charge >= 0.3 is 0 Å². The van der Waals surface area contributed by atoms with E-state index < -0.39 is 29.4 Å². The lowest BCUT2D eigenvalue weighted by molar-refractivity contribution is -0.120. The number of halogens is 3. The van der Waals surface area contributed by atoms with E-state index in [1.54, 1.807) is 14.0 Å². The molecule has 0 aromatic heterocycles. The number of amides is 1. The van der Waals surface area contributed by atoms with Gasteiger partial charge in [0.15, 0.2) is 17.5 Å². The Morgan fingerprint density at radius 2 is 1.64 bits per heavy atom. The molecule has 2 aromatic carbocycles. The zero-order valence-corrected chi connectivity index (χ0v) is 15.7. The van der Waals surface area contributed by atoms with Crippen molar-refractivity contribution in [2.45, 2.75) is 13.0 Å². The van der Waals surface area contributed by atoms with Gasteiger partial charge in [0.05, 0.1) is 18.8 Å². The molecule has 1 heterocycles. The minimum Gasteiger partial charge on any atom is -0.497 e. The molecule has 1 aliphatic heterocycles. The molecule has 0 spiro atoms. The molecule has 150 valence electrons. The SMILES string of the molecule is COc1ccc(N2CCN([C@H](C)C(=O)Nc3ccc(F)c(F)c3F)CC2)cc1. The van der Waals surface area contributed by atoms with Crippen molar-refractivity contribution in [2.75, 3.05) is 43.5 Å². The molecule has 3 rings (SSSR count). The maximum atomic E-state index is 13.8. The monoisotopic (exact) mass is 393 g/mol. The second kappa shape index (κ2) is 8.52. The highest BCUT2D eigenvalue weighted by Gasteiger charge is 2.27. The molecule has 0 bridgehead atoms. The van der Waals surface area contributed by atoms with Crippen molar-refractivity contribution in [3.05, 3.63) is 53.8 Å². The smallest absolute Gasteiger partial charge is 0.241 e. The van der Waals surface area contributed by atoms with Crippen molar-refractivity contribution in [3.63, 3.8) is 0 Å². The van der Waals surface area contributed by atoms with E-state index in [2.05, 4.69) is 10.2 Å². The Labute approximate surface area is 161 Å². The molecule has 8 heteroatoms. The summed E-state index contributed by atoms with van der Waals surface area (Å²) in [6, 6.07) is 9.02. The van der Waals surface area contributed by atoms with Crippen LogP contribution in [0.2, 0.25) is 0 Å². The van der Waals surface area contributed by atoms with E-state index in [0.29, 0.717) is 13.1 Å². The number of rotatable bonds is 5. The Balaban J connectivity index is 1.57. The highest BCUT2D eigenvalue weighted by molar-refractivity contribution is 5.94. The number of nitrogens with one attached hydrogen (secondary N) is 1. The summed E-state index contributed by atoms with van der Waals surface area (Å²) in [5.74, 6) is -3.97. The molecule has 1 aliphatic rings. The zero-order chi connectivity index (χ0) is 20.3. The Kier molecular flexibility index (Phi) is 6.08. The molecule has 0 radical (unpaired) electrons. The highest BCUT2D eigenvalue weighted by Crippen LogP contribution is 2.22. The third-order valence-corrected chi connectivity index (χ3v) is 4.97. The Morgan fingerprint density at radius 3 is 2.25 bits per heavy atom. The van der Waals surface area contributed by atoms with Gasteiger partial charge in [0.1, 0.15) is 5.75 Å². The number of ether oxygens (including phenoxy) is 1. The van der Waals surface area contributed by atoms with Gasteiger partial charge in [-0.15, -0.1) is 0 Å². The predicted octanol–water partition coefficient (Wildman–Crippen LogP) is 3.26. The summed E-state index contributed by atoms with van der Waals surface area (Å²) < 4.78 is 45.3. The molecular weight excluding hydrogens is 371 g/mol. The van der Waals surface area contributed by atoms with Crippen molar-refractivity contribution >= 4 is 17.3 Å². The van der Waals surface area contributed by atoms with Gasteiger partial charge in [-0.1, -0.05) is 0 Å². The minimum atomic E-state index is -1.60. The summed E-state index contributed by atoms with van der Waals surface area (Å²) in [5, 5.41) is 2.34. The number of benzene rings is 2. The molecule has 28 heavy (non-hydrogen) atoms. The van der Waals surface area contributed by atoms with Crippen LogP contribution in [0.3, 0.4) is 0 Å². The second-order valence-corrected chi connectivity index (χ2v) is 6.61. The first kappa shape index (κ1) is 20.0. The van der Waals surface area contributed by atoms with Crippen LogP contribution in [-0.4, -0.2) is 50.1 Å². The first-order chi connectivity index (χ1) is 13.4. The standard InChI is InChI=1S/C20H22F3N3O2/c1-13(20(27)24-17-8-7-16(21)18(22)19(17)23)25-9-11-26(12-10-25)14-3-5-15(28-2)6-4-14/h3-8,13H,9-12H2,1-2H3,(H,24,27)/t13-/m1/s1. The van der Waals surface area contributed by atoms with Crippen LogP contribution in [0.15, 0.2) is 36.4 Å². The molecule has 0 unspecified atom stereocenters. The molecule has 0 aliphatic carbocycles. The van der Waals surface area contributed by atoms with Crippen LogP contribution < -0.4 is 15.0 Å². The van der Waals surface area contributed by atoms with Crippen molar-refractivity contribution in [3.8, 4) is 5.75 Å². The average Bonchev–Trinajstić information content (AvgIpc) is 2.73. The lowest BCUT2D eigenvalue weighted by Gasteiger charge is -2.38. The van der Waals surface area contributed by atoms with E-state index >= 15 is 0 Å². The van der Waals surface area contributed by atoms with Crippen LogP contribution in [-0.2, 0) is 4.79 Å². The zero-order valence-electron chi connectivity index (χ0n) is 15.7. The minimum absolute atomic E-state index is 0.368. The Morgan fingerprint density at radius 1 is 1.00 bits per heavy atom. The third-order valence-electron chi connectivity index (χ3n) is 4.97. The van der Waals surface area contributed by atoms with Gasteiger partial charge in [-0.25, -0.2) is 13.2 Å². The van der Waals surface area contributed by atoms with E-state index in [4.69, 9.17) is 4.74 Å². The maximum absolute atomic E-state index is 13.8. The molecule has 2 aromatic rings. The fraction of sp³-hybridized carbons (Fsp3) is 0.350. The van der Waals surface area contributed by atoms with Gasteiger partial charge in [-0.2, -0.15) is 0 Å². The van der Waals surface area contributed by atoms with E-state index in [9.17, 15) is 18.0 Å². The number of hydrogen-bond acceptors (Lipinski definition) is 4. The number of methoxy groups -OCH3 is 1. The maximum Gasteiger partial charge on any atom is 0.241 e. The number of nitrogens with zero attached hydrogens (tertiary/aromatic N) is 2. The Bertz CT molecular complexity index is 837. The van der Waals surface area contributed by atoms with E-state index in [-0.39, 0.29) is 5.69 Å². The summed E-state index contributed by atoms with van der Waals surface area (Å²) in [6.45, 7) is 4.44. The fourth-order valence-electron chi connectivity index (χ4n) is 3.19. The van der Waals surface area contributed by atoms with Gasteiger partial charge < -0.3 is 15.0 Å². The summed E-state index contributed by atoms with van der Waals surface area (Å²) in [6.07, 6.45) is 0. The van der Waals surface area contributed by atoms with Crippen LogP contribution in [0.5, 0.6) is 5.75 Å². The molecule has 1 saturated heterocycles. The molecule has 1 fully saturated rings. The van der Waals surface area contributed by atoms with Crippen molar-refractivity contribution in [2.24, 2.45) is 0 Å². The molecule has 0 saturated carbocycles. The van der Waals surface area contributed by atoms with Gasteiger partial charge in [-0.3, -0.25) is 9.69 Å². The lowest BCUT2D eigenvalue weighted by Crippen LogP contribution is -2.52. The fourth-order valence-corrected chi connectivity index (χ4v) is 3.19. The number of hydrogen-bond donors (Lipinski definition) is 1. The number of anilines is 2. The lowest BCUT2D eigenvalue weighted by atomic mass is 10.2. The quantitative estimate of drug-likeness (QED) is 0.792. The molecule has 1 amide bonds. The van der Waals surface area contributed by atoms with Gasteiger partial charge in [0.2, 0.25) is 5.91 Å². The van der Waals surface area contributed by atoms with Crippen LogP contribution >= 0.6 is 0 Å². The Hall–Kier alpha value is -2.74. The second-order valence-electron chi connectivity index (χ2n) is 6.61. The summed E-state index contributed by atoms with van der Waals surface area (Å²) in [5.41, 5.74) is 0.703. The van der Waals surface area contributed by atoms with Crippen LogP contribution in [0, 0.1) is 17.5 Å². The van der Waals surface area contributed by atoms with E-state index in [1.807, 2.05) is 29.2 Å². The number of piperazine rings is 1. The highest BCUT2D eigenvalue weighted by atomic mass is 19.2. The molecule has 1 N–H and O–H groups in total. The number of carbonyl (C=O) groups is 1. The van der Waals surface area contributed by atoms with Crippen molar-refractivity contribution < 1.29 is 22.7 Å². The van der Waals surface area contributed by atoms with Gasteiger partial charge in [0.25, 0.3) is 0 Å². The summed E-state index contributed by atoms with van der Waals surface area (Å²) in [4.78, 5) is 16.6. The first-order valence-electron chi connectivity index (χ1n) is 8.98.